The number of aryl methyl sites for hydroxylation is 1. The molecule has 0 radical (unpaired) electrons. The Morgan fingerprint density at radius 2 is 2.20 bits per heavy atom. The molecule has 1 N–H and O–H groups in total. The fourth-order valence-electron chi connectivity index (χ4n) is 3.40. The summed E-state index contributed by atoms with van der Waals surface area (Å²) in [6, 6.07) is 1.10. The van der Waals surface area contributed by atoms with Crippen molar-refractivity contribution in [2.45, 2.75) is 51.8 Å². The summed E-state index contributed by atoms with van der Waals surface area (Å²) < 4.78 is 0. The molecule has 2 atom stereocenters. The van der Waals surface area contributed by atoms with Gasteiger partial charge in [0.25, 0.3) is 0 Å². The summed E-state index contributed by atoms with van der Waals surface area (Å²) in [7, 11) is 0. The first-order valence-electron chi connectivity index (χ1n) is 7.63. The fourth-order valence-corrected chi connectivity index (χ4v) is 3.40. The third-order valence-corrected chi connectivity index (χ3v) is 4.68. The largest absolute Gasteiger partial charge is 0.392 e. The minimum absolute atomic E-state index is 0.0120. The van der Waals surface area contributed by atoms with Crippen LogP contribution in [0, 0.1) is 6.92 Å². The number of rotatable bonds is 2. The van der Waals surface area contributed by atoms with Crippen molar-refractivity contribution in [3.05, 3.63) is 17.5 Å². The van der Waals surface area contributed by atoms with E-state index in [0.717, 1.165) is 30.3 Å². The van der Waals surface area contributed by atoms with Crippen molar-refractivity contribution in [3.8, 4) is 0 Å². The smallest absolute Gasteiger partial charge is 0.225 e. The lowest BCUT2D eigenvalue weighted by Gasteiger charge is -2.47. The quantitative estimate of drug-likeness (QED) is 0.883. The molecule has 3 heterocycles. The Balaban J connectivity index is 1.80. The summed E-state index contributed by atoms with van der Waals surface area (Å²) in [5, 5.41) is 9.23. The van der Waals surface area contributed by atoms with E-state index in [-0.39, 0.29) is 6.61 Å². The molecule has 5 nitrogen and oxygen atoms in total. The van der Waals surface area contributed by atoms with Gasteiger partial charge in [0.2, 0.25) is 5.95 Å². The molecule has 1 aromatic heterocycles. The predicted octanol–water partition coefficient (Wildman–Crippen LogP) is 1.34. The van der Waals surface area contributed by atoms with Crippen LogP contribution in [0.1, 0.15) is 37.4 Å². The van der Waals surface area contributed by atoms with Gasteiger partial charge in [-0.1, -0.05) is 6.42 Å². The number of aromatic nitrogens is 2. The van der Waals surface area contributed by atoms with E-state index >= 15 is 0 Å². The highest BCUT2D eigenvalue weighted by atomic mass is 16.3. The van der Waals surface area contributed by atoms with E-state index in [1.54, 1.807) is 6.20 Å². The molecule has 0 saturated carbocycles. The van der Waals surface area contributed by atoms with E-state index in [0.29, 0.717) is 12.1 Å². The van der Waals surface area contributed by atoms with Crippen molar-refractivity contribution >= 4 is 5.95 Å². The number of hydrogen-bond acceptors (Lipinski definition) is 5. The van der Waals surface area contributed by atoms with E-state index in [1.807, 2.05) is 6.92 Å². The minimum Gasteiger partial charge on any atom is -0.392 e. The zero-order valence-electron chi connectivity index (χ0n) is 12.4. The van der Waals surface area contributed by atoms with Gasteiger partial charge in [0.15, 0.2) is 0 Å². The number of anilines is 1. The lowest BCUT2D eigenvalue weighted by molar-refractivity contribution is 0.115. The molecular formula is C15H24N4O. The van der Waals surface area contributed by atoms with Crippen molar-refractivity contribution in [1.29, 1.82) is 0 Å². The zero-order valence-corrected chi connectivity index (χ0v) is 12.4. The number of fused-ring (bicyclic) bond motifs is 1. The maximum absolute atomic E-state index is 9.23. The second-order valence-corrected chi connectivity index (χ2v) is 6.08. The molecule has 0 aliphatic carbocycles. The van der Waals surface area contributed by atoms with E-state index in [1.165, 1.54) is 25.8 Å². The molecule has 0 amide bonds. The SMILES string of the molecule is Cc1nc(N2CC3CCCCN3CC2C)ncc1CO. The Bertz CT molecular complexity index is 479. The topological polar surface area (TPSA) is 52.5 Å². The third kappa shape index (κ3) is 2.52. The summed E-state index contributed by atoms with van der Waals surface area (Å²) in [6.07, 6.45) is 5.73. The highest BCUT2D eigenvalue weighted by molar-refractivity contribution is 5.35. The molecule has 20 heavy (non-hydrogen) atoms. The van der Waals surface area contributed by atoms with Crippen LogP contribution < -0.4 is 4.90 Å². The van der Waals surface area contributed by atoms with Crippen LogP contribution in [0.15, 0.2) is 6.20 Å². The molecule has 110 valence electrons. The van der Waals surface area contributed by atoms with Gasteiger partial charge in [-0.3, -0.25) is 4.90 Å². The van der Waals surface area contributed by atoms with E-state index in [2.05, 4.69) is 26.7 Å². The van der Waals surface area contributed by atoms with Gasteiger partial charge in [-0.05, 0) is 33.2 Å². The van der Waals surface area contributed by atoms with Crippen LogP contribution in [0.5, 0.6) is 0 Å². The van der Waals surface area contributed by atoms with Crippen LogP contribution in [0.25, 0.3) is 0 Å². The van der Waals surface area contributed by atoms with Gasteiger partial charge in [-0.25, -0.2) is 9.97 Å². The molecule has 0 bridgehead atoms. The second kappa shape index (κ2) is 5.66. The van der Waals surface area contributed by atoms with Crippen LogP contribution in [0.3, 0.4) is 0 Å². The maximum atomic E-state index is 9.23. The van der Waals surface area contributed by atoms with Gasteiger partial charge in [0, 0.05) is 42.6 Å². The molecule has 5 heteroatoms. The Hall–Kier alpha value is -1.20. The monoisotopic (exact) mass is 276 g/mol. The van der Waals surface area contributed by atoms with Crippen LogP contribution >= 0.6 is 0 Å². The summed E-state index contributed by atoms with van der Waals surface area (Å²) in [6.45, 7) is 7.58. The predicted molar refractivity (Wildman–Crippen MR) is 78.7 cm³/mol. The van der Waals surface area contributed by atoms with Gasteiger partial charge in [-0.15, -0.1) is 0 Å². The molecule has 2 aliphatic rings. The molecule has 2 unspecified atom stereocenters. The number of nitrogens with zero attached hydrogens (tertiary/aromatic N) is 4. The molecular weight excluding hydrogens is 252 g/mol. The lowest BCUT2D eigenvalue weighted by atomic mass is 9.97. The van der Waals surface area contributed by atoms with Gasteiger partial charge in [-0.2, -0.15) is 0 Å². The van der Waals surface area contributed by atoms with Crippen LogP contribution in [-0.4, -0.2) is 51.7 Å². The van der Waals surface area contributed by atoms with Crippen molar-refractivity contribution in [2.24, 2.45) is 0 Å². The maximum Gasteiger partial charge on any atom is 0.225 e. The Morgan fingerprint density at radius 1 is 1.35 bits per heavy atom. The Labute approximate surface area is 120 Å². The first-order valence-corrected chi connectivity index (χ1v) is 7.63. The number of aliphatic hydroxyl groups is 1. The lowest BCUT2D eigenvalue weighted by Crippen LogP contribution is -2.59. The molecule has 2 fully saturated rings. The number of piperazine rings is 1. The van der Waals surface area contributed by atoms with Gasteiger partial charge >= 0.3 is 0 Å². The number of hydrogen-bond donors (Lipinski definition) is 1. The molecule has 1 aromatic rings. The molecule has 3 rings (SSSR count). The fraction of sp³-hybridized carbons (Fsp3) is 0.733. The van der Waals surface area contributed by atoms with Crippen molar-refractivity contribution in [2.75, 3.05) is 24.5 Å². The third-order valence-electron chi connectivity index (χ3n) is 4.68. The van der Waals surface area contributed by atoms with Crippen LogP contribution in [-0.2, 0) is 6.61 Å². The number of piperidine rings is 1. The van der Waals surface area contributed by atoms with E-state index < -0.39 is 0 Å². The first-order chi connectivity index (χ1) is 9.69. The highest BCUT2D eigenvalue weighted by Gasteiger charge is 2.34. The van der Waals surface area contributed by atoms with Crippen molar-refractivity contribution in [1.82, 2.24) is 14.9 Å². The highest BCUT2D eigenvalue weighted by Crippen LogP contribution is 2.26. The normalized spacial score (nSPS) is 27.4. The van der Waals surface area contributed by atoms with Gasteiger partial charge in [0.1, 0.15) is 0 Å². The summed E-state index contributed by atoms with van der Waals surface area (Å²) in [5.74, 6) is 0.817. The van der Waals surface area contributed by atoms with Gasteiger partial charge in [0.05, 0.1) is 6.61 Å². The summed E-state index contributed by atoms with van der Waals surface area (Å²) in [4.78, 5) is 14.0. The second-order valence-electron chi connectivity index (χ2n) is 6.08. The molecule has 0 spiro atoms. The Kier molecular flexibility index (Phi) is 3.89. The molecule has 0 aromatic carbocycles. The zero-order chi connectivity index (χ0) is 14.1. The van der Waals surface area contributed by atoms with Crippen molar-refractivity contribution < 1.29 is 5.11 Å². The average molecular weight is 276 g/mol. The molecule has 2 aliphatic heterocycles. The van der Waals surface area contributed by atoms with E-state index in [9.17, 15) is 5.11 Å². The van der Waals surface area contributed by atoms with Gasteiger partial charge < -0.3 is 10.0 Å². The minimum atomic E-state index is 0.0120. The standard InChI is InChI=1S/C15H24N4O/c1-11-8-18-6-4-3-5-14(18)9-19(11)15-16-7-13(10-20)12(2)17-15/h7,11,14,20H,3-6,8-10H2,1-2H3. The van der Waals surface area contributed by atoms with E-state index in [4.69, 9.17) is 0 Å². The van der Waals surface area contributed by atoms with Crippen LogP contribution in [0.2, 0.25) is 0 Å². The number of aliphatic hydroxyl groups excluding tert-OH is 1. The van der Waals surface area contributed by atoms with Crippen molar-refractivity contribution in [3.63, 3.8) is 0 Å². The van der Waals surface area contributed by atoms with Crippen LogP contribution in [0.4, 0.5) is 5.95 Å². The summed E-state index contributed by atoms with van der Waals surface area (Å²) >= 11 is 0. The Morgan fingerprint density at radius 3 is 2.95 bits per heavy atom. The summed E-state index contributed by atoms with van der Waals surface area (Å²) in [5.41, 5.74) is 1.70. The first kappa shape index (κ1) is 13.8. The average Bonchev–Trinajstić information content (AvgIpc) is 2.46. The molecule has 2 saturated heterocycles.